The van der Waals surface area contributed by atoms with E-state index in [9.17, 15) is 0 Å². The number of allylic oxidation sites excluding steroid dienone is 5. The van der Waals surface area contributed by atoms with Crippen molar-refractivity contribution >= 4 is 17.3 Å². The van der Waals surface area contributed by atoms with Gasteiger partial charge < -0.3 is 0 Å². The molecule has 0 nitrogen and oxygen atoms in total. The van der Waals surface area contributed by atoms with Gasteiger partial charge in [-0.1, -0.05) is 42.0 Å². The van der Waals surface area contributed by atoms with Gasteiger partial charge in [0.15, 0.2) is 0 Å². The number of thioether (sulfide) groups is 1. The molecule has 0 saturated carbocycles. The van der Waals surface area contributed by atoms with Gasteiger partial charge in [-0.25, -0.2) is 0 Å². The van der Waals surface area contributed by atoms with Gasteiger partial charge in [0.2, 0.25) is 0 Å². The van der Waals surface area contributed by atoms with E-state index < -0.39 is 0 Å². The summed E-state index contributed by atoms with van der Waals surface area (Å²) in [7, 11) is 0. The van der Waals surface area contributed by atoms with Crippen molar-refractivity contribution in [3.05, 3.63) is 59.2 Å². The van der Waals surface area contributed by atoms with Crippen molar-refractivity contribution in [1.29, 1.82) is 0 Å². The van der Waals surface area contributed by atoms with Gasteiger partial charge in [0.05, 0.1) is 0 Å². The molecule has 16 heavy (non-hydrogen) atoms. The lowest BCUT2D eigenvalue weighted by Gasteiger charge is -1.99. The summed E-state index contributed by atoms with van der Waals surface area (Å²) in [5.74, 6) is 1.11. The van der Waals surface area contributed by atoms with Crippen molar-refractivity contribution < 1.29 is 0 Å². The minimum absolute atomic E-state index is 1.11. The SMILES string of the molecule is CC1=CC(C=C2CSc3ccccc32)=CC1. The Morgan fingerprint density at radius 2 is 2.12 bits per heavy atom. The third-order valence-electron chi connectivity index (χ3n) is 3.03. The smallest absolute Gasteiger partial charge is 0.0238 e. The lowest BCUT2D eigenvalue weighted by molar-refractivity contribution is 1.25. The highest BCUT2D eigenvalue weighted by Crippen LogP contribution is 2.39. The molecule has 1 aromatic rings. The Labute approximate surface area is 101 Å². The van der Waals surface area contributed by atoms with Crippen LogP contribution in [0.15, 0.2) is 58.5 Å². The van der Waals surface area contributed by atoms with Gasteiger partial charge in [-0.2, -0.15) is 0 Å². The summed E-state index contributed by atoms with van der Waals surface area (Å²) in [6.45, 7) is 2.19. The van der Waals surface area contributed by atoms with Crippen molar-refractivity contribution in [2.24, 2.45) is 0 Å². The summed E-state index contributed by atoms with van der Waals surface area (Å²) >= 11 is 1.94. The highest BCUT2D eigenvalue weighted by Gasteiger charge is 2.16. The van der Waals surface area contributed by atoms with Crippen molar-refractivity contribution in [3.8, 4) is 0 Å². The second kappa shape index (κ2) is 3.99. The molecule has 0 fully saturated rings. The van der Waals surface area contributed by atoms with Crippen LogP contribution in [0, 0.1) is 0 Å². The van der Waals surface area contributed by atoms with Crippen molar-refractivity contribution in [2.75, 3.05) is 5.75 Å². The van der Waals surface area contributed by atoms with Gasteiger partial charge in [-0.05, 0) is 36.1 Å². The Bertz CT molecular complexity index is 518. The third kappa shape index (κ3) is 1.76. The molecule has 1 heteroatoms. The van der Waals surface area contributed by atoms with Crippen LogP contribution in [0.3, 0.4) is 0 Å². The Morgan fingerprint density at radius 1 is 1.25 bits per heavy atom. The quantitative estimate of drug-likeness (QED) is 0.681. The molecule has 1 aliphatic heterocycles. The van der Waals surface area contributed by atoms with Crippen LogP contribution in [0.1, 0.15) is 18.9 Å². The second-order valence-corrected chi connectivity index (χ2v) is 5.37. The predicted molar refractivity (Wildman–Crippen MR) is 71.6 cm³/mol. The van der Waals surface area contributed by atoms with Crippen molar-refractivity contribution in [3.63, 3.8) is 0 Å². The van der Waals surface area contributed by atoms with Gasteiger partial charge >= 0.3 is 0 Å². The van der Waals surface area contributed by atoms with E-state index in [0.717, 1.165) is 12.2 Å². The maximum atomic E-state index is 2.34. The molecule has 0 N–H and O–H groups in total. The summed E-state index contributed by atoms with van der Waals surface area (Å²) in [4.78, 5) is 1.42. The van der Waals surface area contributed by atoms with Crippen LogP contribution in [0.4, 0.5) is 0 Å². The topological polar surface area (TPSA) is 0 Å². The largest absolute Gasteiger partial charge is 0.121 e. The van der Waals surface area contributed by atoms with Crippen molar-refractivity contribution in [2.45, 2.75) is 18.2 Å². The average molecular weight is 226 g/mol. The first-order valence-electron chi connectivity index (χ1n) is 5.63. The molecule has 0 unspecified atom stereocenters. The van der Waals surface area contributed by atoms with Crippen LogP contribution in [0.5, 0.6) is 0 Å². The second-order valence-electron chi connectivity index (χ2n) is 4.35. The fourth-order valence-electron chi connectivity index (χ4n) is 2.19. The lowest BCUT2D eigenvalue weighted by Crippen LogP contribution is -1.81. The summed E-state index contributed by atoms with van der Waals surface area (Å²) in [5.41, 5.74) is 5.74. The van der Waals surface area contributed by atoms with Crippen molar-refractivity contribution in [1.82, 2.24) is 0 Å². The Balaban J connectivity index is 1.96. The number of hydrogen-bond acceptors (Lipinski definition) is 1. The molecular formula is C15H14S. The number of benzene rings is 1. The number of hydrogen-bond donors (Lipinski definition) is 0. The highest BCUT2D eigenvalue weighted by atomic mass is 32.2. The molecule has 80 valence electrons. The molecule has 1 aliphatic carbocycles. The summed E-state index contributed by atoms with van der Waals surface area (Å²) < 4.78 is 0. The van der Waals surface area contributed by atoms with Crippen LogP contribution < -0.4 is 0 Å². The van der Waals surface area contributed by atoms with Gasteiger partial charge in [-0.3, -0.25) is 0 Å². The standard InChI is InChI=1S/C15H14S/c1-11-6-7-12(8-11)9-13-10-16-15-5-3-2-4-14(13)15/h2-5,7-9H,6,10H2,1H3. The third-order valence-corrected chi connectivity index (χ3v) is 4.15. The molecule has 0 aromatic heterocycles. The number of rotatable bonds is 1. The summed E-state index contributed by atoms with van der Waals surface area (Å²) in [5, 5.41) is 0. The first-order chi connectivity index (χ1) is 7.83. The molecule has 3 rings (SSSR count). The number of fused-ring (bicyclic) bond motifs is 1. The van der Waals surface area contributed by atoms with Gasteiger partial charge in [-0.15, -0.1) is 11.8 Å². The van der Waals surface area contributed by atoms with E-state index in [1.807, 2.05) is 11.8 Å². The monoisotopic (exact) mass is 226 g/mol. The molecule has 1 aromatic carbocycles. The van der Waals surface area contributed by atoms with Crippen LogP contribution in [-0.2, 0) is 0 Å². The van der Waals surface area contributed by atoms with E-state index in [1.165, 1.54) is 27.2 Å². The fraction of sp³-hybridized carbons (Fsp3) is 0.200. The first kappa shape index (κ1) is 9.98. The average Bonchev–Trinajstić information content (AvgIpc) is 2.87. The van der Waals surface area contributed by atoms with E-state index in [2.05, 4.69) is 49.4 Å². The summed E-state index contributed by atoms with van der Waals surface area (Å²) in [6, 6.07) is 8.69. The molecule has 0 radical (unpaired) electrons. The maximum Gasteiger partial charge on any atom is 0.0238 e. The van der Waals surface area contributed by atoms with E-state index in [4.69, 9.17) is 0 Å². The van der Waals surface area contributed by atoms with Gasteiger partial charge in [0.1, 0.15) is 0 Å². The minimum Gasteiger partial charge on any atom is -0.121 e. The molecule has 0 spiro atoms. The van der Waals surface area contributed by atoms with Gasteiger partial charge in [0, 0.05) is 10.6 Å². The molecule has 0 atom stereocenters. The van der Waals surface area contributed by atoms with E-state index in [-0.39, 0.29) is 0 Å². The molecular weight excluding hydrogens is 212 g/mol. The van der Waals surface area contributed by atoms with Crippen LogP contribution in [0.25, 0.3) is 5.57 Å². The van der Waals surface area contributed by atoms with E-state index in [1.54, 1.807) is 0 Å². The maximum absolute atomic E-state index is 2.34. The van der Waals surface area contributed by atoms with Crippen LogP contribution in [-0.4, -0.2) is 5.75 Å². The van der Waals surface area contributed by atoms with E-state index in [0.29, 0.717) is 0 Å². The zero-order valence-electron chi connectivity index (χ0n) is 9.36. The zero-order valence-corrected chi connectivity index (χ0v) is 10.2. The molecule has 0 bridgehead atoms. The lowest BCUT2D eigenvalue weighted by atomic mass is 10.1. The Kier molecular flexibility index (Phi) is 2.49. The predicted octanol–water partition coefficient (Wildman–Crippen LogP) is 4.45. The molecule has 0 amide bonds. The molecule has 0 saturated heterocycles. The van der Waals surface area contributed by atoms with E-state index >= 15 is 0 Å². The molecule has 1 heterocycles. The van der Waals surface area contributed by atoms with Crippen LogP contribution in [0.2, 0.25) is 0 Å². The normalized spacial score (nSPS) is 20.9. The summed E-state index contributed by atoms with van der Waals surface area (Å²) in [6.07, 6.45) is 8.07. The zero-order chi connectivity index (χ0) is 11.0. The molecule has 2 aliphatic rings. The van der Waals surface area contributed by atoms with Crippen LogP contribution >= 0.6 is 11.8 Å². The minimum atomic E-state index is 1.11. The fourth-order valence-corrected chi connectivity index (χ4v) is 3.27. The Hall–Kier alpha value is -1.21. The first-order valence-corrected chi connectivity index (χ1v) is 6.61. The van der Waals surface area contributed by atoms with Gasteiger partial charge in [0.25, 0.3) is 0 Å². The highest BCUT2D eigenvalue weighted by molar-refractivity contribution is 8.00. The Morgan fingerprint density at radius 3 is 2.94 bits per heavy atom.